The summed E-state index contributed by atoms with van der Waals surface area (Å²) >= 11 is 5.94. The lowest BCUT2D eigenvalue weighted by atomic mass is 10.2. The molecule has 0 bridgehead atoms. The molecule has 0 unspecified atom stereocenters. The summed E-state index contributed by atoms with van der Waals surface area (Å²) in [5.41, 5.74) is 6.02. The summed E-state index contributed by atoms with van der Waals surface area (Å²) in [7, 11) is 1.66. The molecule has 0 radical (unpaired) electrons. The Bertz CT molecular complexity index is 425. The summed E-state index contributed by atoms with van der Waals surface area (Å²) in [6, 6.07) is 6.99. The van der Waals surface area contributed by atoms with Gasteiger partial charge in [0.15, 0.2) is 0 Å². The first-order valence-electron chi connectivity index (χ1n) is 4.24. The number of benzene rings is 1. The SMILES string of the molecule is CN(CC(N)=O)c1c(Cl)cccc1C#N. The Morgan fingerprint density at radius 2 is 2.33 bits per heavy atom. The summed E-state index contributed by atoms with van der Waals surface area (Å²) in [6.07, 6.45) is 0. The number of amides is 1. The molecule has 4 nitrogen and oxygen atoms in total. The minimum atomic E-state index is -0.471. The highest BCUT2D eigenvalue weighted by Gasteiger charge is 2.12. The lowest BCUT2D eigenvalue weighted by Crippen LogP contribution is -2.31. The fourth-order valence-corrected chi connectivity index (χ4v) is 1.63. The number of nitrogens with two attached hydrogens (primary N) is 1. The number of para-hydroxylation sites is 1. The van der Waals surface area contributed by atoms with Crippen molar-refractivity contribution in [1.82, 2.24) is 0 Å². The largest absolute Gasteiger partial charge is 0.368 e. The molecule has 78 valence electrons. The van der Waals surface area contributed by atoms with Gasteiger partial charge in [-0.25, -0.2) is 0 Å². The monoisotopic (exact) mass is 223 g/mol. The molecule has 5 heteroatoms. The number of primary amides is 1. The fraction of sp³-hybridized carbons (Fsp3) is 0.200. The molecule has 15 heavy (non-hydrogen) atoms. The van der Waals surface area contributed by atoms with Crippen LogP contribution in [0, 0.1) is 11.3 Å². The standard InChI is InChI=1S/C10H10ClN3O/c1-14(6-9(13)15)10-7(5-12)3-2-4-8(10)11/h2-4H,6H2,1H3,(H2,13,15). The number of likely N-dealkylation sites (N-methyl/N-ethyl adjacent to an activating group) is 1. The number of nitrogens with zero attached hydrogens (tertiary/aromatic N) is 2. The minimum absolute atomic E-state index is 0.0262. The number of halogens is 1. The maximum absolute atomic E-state index is 10.7. The third-order valence-corrected chi connectivity index (χ3v) is 2.19. The van der Waals surface area contributed by atoms with E-state index in [2.05, 4.69) is 0 Å². The highest BCUT2D eigenvalue weighted by molar-refractivity contribution is 6.33. The zero-order valence-corrected chi connectivity index (χ0v) is 8.95. The molecule has 0 saturated heterocycles. The van der Waals surface area contributed by atoms with Gasteiger partial charge in [0, 0.05) is 7.05 Å². The Balaban J connectivity index is 3.12. The van der Waals surface area contributed by atoms with Crippen molar-refractivity contribution in [3.8, 4) is 6.07 Å². The van der Waals surface area contributed by atoms with Crippen molar-refractivity contribution >= 4 is 23.2 Å². The Morgan fingerprint density at radius 1 is 1.67 bits per heavy atom. The number of hydrogen-bond donors (Lipinski definition) is 1. The normalized spacial score (nSPS) is 9.40. The van der Waals surface area contributed by atoms with Crippen LogP contribution in [0.15, 0.2) is 18.2 Å². The van der Waals surface area contributed by atoms with E-state index < -0.39 is 5.91 Å². The Kier molecular flexibility index (Phi) is 3.53. The average molecular weight is 224 g/mol. The summed E-state index contributed by atoms with van der Waals surface area (Å²) in [5.74, 6) is -0.471. The molecule has 0 aliphatic rings. The molecule has 0 fully saturated rings. The van der Waals surface area contributed by atoms with Crippen LogP contribution in [0.1, 0.15) is 5.56 Å². The van der Waals surface area contributed by atoms with Gasteiger partial charge in [0.2, 0.25) is 5.91 Å². The van der Waals surface area contributed by atoms with Gasteiger partial charge in [-0.1, -0.05) is 17.7 Å². The smallest absolute Gasteiger partial charge is 0.236 e. The van der Waals surface area contributed by atoms with E-state index in [9.17, 15) is 4.79 Å². The molecular formula is C10H10ClN3O. The Hall–Kier alpha value is -1.73. The highest BCUT2D eigenvalue weighted by atomic mass is 35.5. The third-order valence-electron chi connectivity index (χ3n) is 1.88. The fourth-order valence-electron chi connectivity index (χ4n) is 1.31. The van der Waals surface area contributed by atoms with E-state index in [1.165, 1.54) is 0 Å². The van der Waals surface area contributed by atoms with Gasteiger partial charge in [-0.05, 0) is 12.1 Å². The lowest BCUT2D eigenvalue weighted by molar-refractivity contribution is -0.116. The van der Waals surface area contributed by atoms with Gasteiger partial charge in [0.1, 0.15) is 6.07 Å². The van der Waals surface area contributed by atoms with E-state index in [0.29, 0.717) is 16.3 Å². The van der Waals surface area contributed by atoms with Crippen LogP contribution >= 0.6 is 11.6 Å². The first-order chi connectivity index (χ1) is 7.06. The van der Waals surface area contributed by atoms with Crippen molar-refractivity contribution in [2.75, 3.05) is 18.5 Å². The van der Waals surface area contributed by atoms with Gasteiger partial charge in [-0.3, -0.25) is 4.79 Å². The molecule has 1 amide bonds. The van der Waals surface area contributed by atoms with Crippen LogP contribution in [0.5, 0.6) is 0 Å². The predicted octanol–water partition coefficient (Wildman–Crippen LogP) is 1.13. The molecule has 0 spiro atoms. The van der Waals surface area contributed by atoms with Crippen molar-refractivity contribution in [1.29, 1.82) is 5.26 Å². The molecule has 0 heterocycles. The maximum Gasteiger partial charge on any atom is 0.236 e. The van der Waals surface area contributed by atoms with E-state index in [1.54, 1.807) is 30.1 Å². The van der Waals surface area contributed by atoms with E-state index in [4.69, 9.17) is 22.6 Å². The van der Waals surface area contributed by atoms with Gasteiger partial charge in [-0.15, -0.1) is 0 Å². The van der Waals surface area contributed by atoms with Crippen LogP contribution in [0.3, 0.4) is 0 Å². The summed E-state index contributed by atoms with van der Waals surface area (Å²) in [5, 5.41) is 9.30. The zero-order valence-electron chi connectivity index (χ0n) is 8.20. The first-order valence-corrected chi connectivity index (χ1v) is 4.62. The van der Waals surface area contributed by atoms with E-state index in [0.717, 1.165) is 0 Å². The van der Waals surface area contributed by atoms with Crippen LogP contribution in [0.25, 0.3) is 0 Å². The van der Waals surface area contributed by atoms with Crippen molar-refractivity contribution in [3.63, 3.8) is 0 Å². The second-order valence-corrected chi connectivity index (χ2v) is 3.48. The summed E-state index contributed by atoms with van der Waals surface area (Å²) < 4.78 is 0. The highest BCUT2D eigenvalue weighted by Crippen LogP contribution is 2.28. The Labute approximate surface area is 92.8 Å². The van der Waals surface area contributed by atoms with Crippen molar-refractivity contribution in [2.24, 2.45) is 5.73 Å². The van der Waals surface area contributed by atoms with Gasteiger partial charge in [0.25, 0.3) is 0 Å². The first kappa shape index (κ1) is 11.3. The quantitative estimate of drug-likeness (QED) is 0.835. The van der Waals surface area contributed by atoms with Gasteiger partial charge in [0.05, 0.1) is 22.8 Å². The van der Waals surface area contributed by atoms with Crippen molar-refractivity contribution < 1.29 is 4.79 Å². The number of carbonyl (C=O) groups excluding carboxylic acids is 1. The van der Waals surface area contributed by atoms with Crippen LogP contribution < -0.4 is 10.6 Å². The molecule has 0 saturated carbocycles. The topological polar surface area (TPSA) is 70.1 Å². The van der Waals surface area contributed by atoms with Crippen molar-refractivity contribution in [2.45, 2.75) is 0 Å². The molecule has 2 N–H and O–H groups in total. The second-order valence-electron chi connectivity index (χ2n) is 3.07. The van der Waals surface area contributed by atoms with E-state index in [1.807, 2.05) is 6.07 Å². The zero-order chi connectivity index (χ0) is 11.4. The molecule has 0 aliphatic heterocycles. The number of nitriles is 1. The molecule has 0 aliphatic carbocycles. The van der Waals surface area contributed by atoms with Gasteiger partial charge < -0.3 is 10.6 Å². The maximum atomic E-state index is 10.7. The van der Waals surface area contributed by atoms with Gasteiger partial charge in [-0.2, -0.15) is 5.26 Å². The second kappa shape index (κ2) is 4.67. The third kappa shape index (κ3) is 2.61. The summed E-state index contributed by atoms with van der Waals surface area (Å²) in [4.78, 5) is 12.3. The van der Waals surface area contributed by atoms with Gasteiger partial charge >= 0.3 is 0 Å². The molecule has 1 aromatic carbocycles. The Morgan fingerprint density at radius 3 is 2.87 bits per heavy atom. The van der Waals surface area contributed by atoms with Crippen LogP contribution in [-0.4, -0.2) is 19.5 Å². The molecule has 0 aromatic heterocycles. The molecular weight excluding hydrogens is 214 g/mol. The van der Waals surface area contributed by atoms with Crippen LogP contribution in [0.4, 0.5) is 5.69 Å². The molecule has 1 rings (SSSR count). The van der Waals surface area contributed by atoms with E-state index >= 15 is 0 Å². The van der Waals surface area contributed by atoms with Crippen LogP contribution in [-0.2, 0) is 4.79 Å². The predicted molar refractivity (Wildman–Crippen MR) is 58.6 cm³/mol. The molecule has 0 atom stereocenters. The molecule has 1 aromatic rings. The van der Waals surface area contributed by atoms with Crippen molar-refractivity contribution in [3.05, 3.63) is 28.8 Å². The average Bonchev–Trinajstić information content (AvgIpc) is 2.15. The van der Waals surface area contributed by atoms with Crippen LogP contribution in [0.2, 0.25) is 5.02 Å². The number of anilines is 1. The number of rotatable bonds is 3. The summed E-state index contributed by atoms with van der Waals surface area (Å²) in [6.45, 7) is 0.0262. The minimum Gasteiger partial charge on any atom is -0.368 e. The lowest BCUT2D eigenvalue weighted by Gasteiger charge is -2.19. The number of carbonyl (C=O) groups is 1. The van der Waals surface area contributed by atoms with E-state index in [-0.39, 0.29) is 6.54 Å². The number of hydrogen-bond acceptors (Lipinski definition) is 3.